The van der Waals surface area contributed by atoms with Crippen molar-refractivity contribution in [1.29, 1.82) is 0 Å². The predicted molar refractivity (Wildman–Crippen MR) is 164 cm³/mol. The Morgan fingerprint density at radius 1 is 0.929 bits per heavy atom. The summed E-state index contributed by atoms with van der Waals surface area (Å²) in [6.45, 7) is 8.93. The number of anilines is 1. The first-order valence-electron chi connectivity index (χ1n) is 14.2. The Bertz CT molecular complexity index is 1750. The van der Waals surface area contributed by atoms with Crippen LogP contribution in [0.3, 0.4) is 0 Å². The van der Waals surface area contributed by atoms with Crippen molar-refractivity contribution in [3.8, 4) is 17.1 Å². The van der Waals surface area contributed by atoms with Gasteiger partial charge in [-0.3, -0.25) is 9.59 Å². The van der Waals surface area contributed by atoms with E-state index in [-0.39, 0.29) is 27.2 Å². The van der Waals surface area contributed by atoms with E-state index in [9.17, 15) is 18.0 Å². The van der Waals surface area contributed by atoms with Crippen LogP contribution in [-0.2, 0) is 20.2 Å². The van der Waals surface area contributed by atoms with Crippen LogP contribution in [0.25, 0.3) is 22.3 Å². The Kier molecular flexibility index (Phi) is 8.25. The maximum absolute atomic E-state index is 13.5. The van der Waals surface area contributed by atoms with Gasteiger partial charge in [0.05, 0.1) is 10.3 Å². The molecule has 0 aliphatic carbocycles. The van der Waals surface area contributed by atoms with Crippen molar-refractivity contribution in [1.82, 2.24) is 4.31 Å². The lowest BCUT2D eigenvalue weighted by Gasteiger charge is -2.25. The number of amides is 1. The van der Waals surface area contributed by atoms with Gasteiger partial charge in [-0.2, -0.15) is 4.31 Å². The number of ether oxygens (including phenoxy) is 1. The molecule has 8 nitrogen and oxygen atoms in total. The summed E-state index contributed by atoms with van der Waals surface area (Å²) < 4.78 is 39.6. The zero-order valence-corrected chi connectivity index (χ0v) is 25.2. The fourth-order valence-corrected chi connectivity index (χ4v) is 6.50. The lowest BCUT2D eigenvalue weighted by molar-refractivity contribution is -0.122. The van der Waals surface area contributed by atoms with Gasteiger partial charge in [0, 0.05) is 24.3 Å². The van der Waals surface area contributed by atoms with Crippen LogP contribution >= 0.6 is 0 Å². The molecule has 1 fully saturated rings. The minimum absolute atomic E-state index is 0.0510. The number of carbonyl (C=O) groups is 1. The van der Waals surface area contributed by atoms with Crippen LogP contribution in [0.2, 0.25) is 0 Å². The predicted octanol–water partition coefficient (Wildman–Crippen LogP) is 6.34. The zero-order chi connectivity index (χ0) is 30.1. The first kappa shape index (κ1) is 29.5. The number of carbonyl (C=O) groups excluding carboxylic acids is 1. The number of para-hydroxylation sites is 1. The van der Waals surface area contributed by atoms with Crippen molar-refractivity contribution in [2.75, 3.05) is 18.4 Å². The molecule has 0 radical (unpaired) electrons. The van der Waals surface area contributed by atoms with Gasteiger partial charge < -0.3 is 14.5 Å². The fourth-order valence-electron chi connectivity index (χ4n) is 4.98. The Balaban J connectivity index is 1.38. The first-order chi connectivity index (χ1) is 19.9. The molecule has 0 bridgehead atoms. The van der Waals surface area contributed by atoms with Crippen LogP contribution in [0.15, 0.2) is 86.9 Å². The van der Waals surface area contributed by atoms with Gasteiger partial charge in [-0.1, -0.05) is 63.6 Å². The highest BCUT2D eigenvalue weighted by Gasteiger charge is 2.27. The minimum Gasteiger partial charge on any atom is -0.473 e. The summed E-state index contributed by atoms with van der Waals surface area (Å²) in [4.78, 5) is 26.9. The van der Waals surface area contributed by atoms with E-state index in [1.165, 1.54) is 16.4 Å². The van der Waals surface area contributed by atoms with E-state index in [0.717, 1.165) is 24.8 Å². The summed E-state index contributed by atoms with van der Waals surface area (Å²) >= 11 is 0. The summed E-state index contributed by atoms with van der Waals surface area (Å²) in [5, 5.41) is 3.10. The van der Waals surface area contributed by atoms with Gasteiger partial charge in [-0.25, -0.2) is 8.42 Å². The molecule has 5 rings (SSSR count). The van der Waals surface area contributed by atoms with Crippen LogP contribution in [0.1, 0.15) is 52.5 Å². The molecule has 4 aromatic rings. The van der Waals surface area contributed by atoms with Crippen LogP contribution < -0.4 is 15.5 Å². The largest absolute Gasteiger partial charge is 0.473 e. The molecule has 3 aromatic carbocycles. The maximum Gasteiger partial charge on any atom is 0.265 e. The molecule has 9 heteroatoms. The first-order valence-corrected chi connectivity index (χ1v) is 15.6. The second kappa shape index (κ2) is 11.7. The third kappa shape index (κ3) is 6.12. The molecule has 1 amide bonds. The van der Waals surface area contributed by atoms with Gasteiger partial charge in [-0.05, 0) is 67.1 Å². The Labute approximate surface area is 246 Å². The summed E-state index contributed by atoms with van der Waals surface area (Å²) in [6.07, 6.45) is 1.68. The molecule has 0 spiro atoms. The van der Waals surface area contributed by atoms with Crippen molar-refractivity contribution in [3.05, 3.63) is 88.6 Å². The summed E-state index contributed by atoms with van der Waals surface area (Å²) in [5.41, 5.74) is 2.18. The summed E-state index contributed by atoms with van der Waals surface area (Å²) in [5.74, 6) is -0.308. The van der Waals surface area contributed by atoms with Crippen LogP contribution in [0.5, 0.6) is 5.75 Å². The lowest BCUT2D eigenvalue weighted by atomic mass is 9.86. The van der Waals surface area contributed by atoms with Gasteiger partial charge in [0.15, 0.2) is 11.9 Å². The molecular weight excluding hydrogens is 552 g/mol. The third-order valence-electron chi connectivity index (χ3n) is 7.51. The molecule has 42 heavy (non-hydrogen) atoms. The molecule has 1 aromatic heterocycles. The van der Waals surface area contributed by atoms with E-state index in [1.807, 2.05) is 24.3 Å². The molecule has 1 aliphatic heterocycles. The summed E-state index contributed by atoms with van der Waals surface area (Å²) in [6, 6.07) is 20.7. The van der Waals surface area contributed by atoms with Crippen molar-refractivity contribution in [3.63, 3.8) is 0 Å². The highest BCUT2D eigenvalue weighted by atomic mass is 32.2. The fraction of sp³-hybridized carbons (Fsp3) is 0.333. The highest BCUT2D eigenvalue weighted by molar-refractivity contribution is 7.89. The minimum atomic E-state index is -3.58. The van der Waals surface area contributed by atoms with E-state index >= 15 is 0 Å². The third-order valence-corrected chi connectivity index (χ3v) is 9.42. The van der Waals surface area contributed by atoms with Crippen molar-refractivity contribution in [2.24, 2.45) is 0 Å². The molecule has 1 aliphatic rings. The number of hydrogen-bond acceptors (Lipinski definition) is 6. The standard InChI is InChI=1S/C33H36N2O6S/c1-22(32(37)34-25-16-18-26(19-17-25)42(38,39)35-20-8-5-9-21-35)40-31-29(36)27-10-6-7-11-28(27)41-30(31)23-12-14-24(15-13-23)33(2,3)4/h6-7,10-19,22H,5,8-9,20-21H2,1-4H3,(H,34,37). The second-order valence-electron chi connectivity index (χ2n) is 11.7. The van der Waals surface area contributed by atoms with Gasteiger partial charge in [0.25, 0.3) is 5.91 Å². The van der Waals surface area contributed by atoms with E-state index in [0.29, 0.717) is 35.3 Å². The quantitative estimate of drug-likeness (QED) is 0.270. The van der Waals surface area contributed by atoms with Gasteiger partial charge >= 0.3 is 0 Å². The van der Waals surface area contributed by atoms with E-state index in [1.54, 1.807) is 43.3 Å². The van der Waals surface area contributed by atoms with E-state index in [4.69, 9.17) is 9.15 Å². The number of rotatable bonds is 7. The van der Waals surface area contributed by atoms with Gasteiger partial charge in [-0.15, -0.1) is 0 Å². The number of piperidine rings is 1. The average Bonchev–Trinajstić information content (AvgIpc) is 2.98. The van der Waals surface area contributed by atoms with Crippen molar-refractivity contribution < 1.29 is 22.4 Å². The second-order valence-corrected chi connectivity index (χ2v) is 13.6. The number of sulfonamides is 1. The molecule has 2 heterocycles. The summed E-state index contributed by atoms with van der Waals surface area (Å²) in [7, 11) is -3.58. The van der Waals surface area contributed by atoms with Crippen LogP contribution in [0.4, 0.5) is 5.69 Å². The lowest BCUT2D eigenvalue weighted by Crippen LogP contribution is -2.35. The Hall–Kier alpha value is -3.95. The Morgan fingerprint density at radius 3 is 2.21 bits per heavy atom. The number of hydrogen-bond donors (Lipinski definition) is 1. The van der Waals surface area contributed by atoms with Crippen molar-refractivity contribution in [2.45, 2.75) is 63.4 Å². The molecule has 1 saturated heterocycles. The van der Waals surface area contributed by atoms with Crippen LogP contribution in [-0.4, -0.2) is 37.8 Å². The van der Waals surface area contributed by atoms with Crippen LogP contribution in [0, 0.1) is 0 Å². The monoisotopic (exact) mass is 588 g/mol. The number of nitrogens with one attached hydrogen (secondary N) is 1. The maximum atomic E-state index is 13.5. The van der Waals surface area contributed by atoms with E-state index < -0.39 is 22.0 Å². The topological polar surface area (TPSA) is 106 Å². The van der Waals surface area contributed by atoms with Crippen molar-refractivity contribution >= 4 is 32.6 Å². The Morgan fingerprint density at radius 2 is 1.57 bits per heavy atom. The number of nitrogens with zero attached hydrogens (tertiary/aromatic N) is 1. The number of benzene rings is 3. The smallest absolute Gasteiger partial charge is 0.265 e. The molecule has 220 valence electrons. The highest BCUT2D eigenvalue weighted by Crippen LogP contribution is 2.33. The van der Waals surface area contributed by atoms with Gasteiger partial charge in [0.1, 0.15) is 5.58 Å². The zero-order valence-electron chi connectivity index (χ0n) is 24.3. The molecule has 1 N–H and O–H groups in total. The molecule has 0 saturated carbocycles. The molecular formula is C33H36N2O6S. The van der Waals surface area contributed by atoms with Gasteiger partial charge in [0.2, 0.25) is 21.2 Å². The van der Waals surface area contributed by atoms with E-state index in [2.05, 4.69) is 26.1 Å². The number of fused-ring (bicyclic) bond motifs is 1. The average molecular weight is 589 g/mol. The molecule has 1 atom stereocenters. The normalized spacial score (nSPS) is 15.3. The molecule has 1 unspecified atom stereocenters. The SMILES string of the molecule is CC(Oc1c(-c2ccc(C(C)(C)C)cc2)oc2ccccc2c1=O)C(=O)Nc1ccc(S(=O)(=O)N2CCCCC2)cc1.